The highest BCUT2D eigenvalue weighted by molar-refractivity contribution is 6.30. The van der Waals surface area contributed by atoms with Gasteiger partial charge in [0.15, 0.2) is 0 Å². The van der Waals surface area contributed by atoms with Gasteiger partial charge in [-0.05, 0) is 12.5 Å². The minimum Gasteiger partial charge on any atom is -0.374 e. The van der Waals surface area contributed by atoms with E-state index in [0.717, 1.165) is 44.2 Å². The molecule has 0 radical (unpaired) electrons. The highest BCUT2D eigenvalue weighted by Gasteiger charge is 2.20. The van der Waals surface area contributed by atoms with Crippen LogP contribution in [0.3, 0.4) is 0 Å². The number of rotatable bonds is 5. The van der Waals surface area contributed by atoms with Crippen LogP contribution >= 0.6 is 11.6 Å². The van der Waals surface area contributed by atoms with Crippen LogP contribution in [-0.4, -0.2) is 53.8 Å². The van der Waals surface area contributed by atoms with E-state index in [2.05, 4.69) is 41.0 Å². The van der Waals surface area contributed by atoms with E-state index >= 15 is 0 Å². The molecule has 5 nitrogen and oxygen atoms in total. The number of morpholine rings is 1. The second-order valence-corrected chi connectivity index (χ2v) is 5.71. The summed E-state index contributed by atoms with van der Waals surface area (Å²) in [6.45, 7) is 10.9. The first-order valence-corrected chi connectivity index (χ1v) is 7.57. The third kappa shape index (κ3) is 3.81. The van der Waals surface area contributed by atoms with Gasteiger partial charge >= 0.3 is 0 Å². The average Bonchev–Trinajstić information content (AvgIpc) is 2.45. The first kappa shape index (κ1) is 15.5. The quantitative estimate of drug-likeness (QED) is 0.846. The maximum Gasteiger partial charge on any atom is 0.138 e. The summed E-state index contributed by atoms with van der Waals surface area (Å²) in [4.78, 5) is 10.8. The largest absolute Gasteiger partial charge is 0.374 e. The van der Waals surface area contributed by atoms with Crippen molar-refractivity contribution in [2.75, 3.05) is 38.1 Å². The lowest BCUT2D eigenvalue weighted by Crippen LogP contribution is -2.45. The zero-order valence-electron chi connectivity index (χ0n) is 12.4. The number of ether oxygens (including phenoxy) is 1. The Morgan fingerprint density at radius 3 is 3.00 bits per heavy atom. The van der Waals surface area contributed by atoms with Crippen molar-refractivity contribution in [2.24, 2.45) is 0 Å². The Labute approximate surface area is 125 Å². The Morgan fingerprint density at radius 1 is 1.50 bits per heavy atom. The summed E-state index contributed by atoms with van der Waals surface area (Å²) >= 11 is 6.16. The Bertz CT molecular complexity index is 441. The van der Waals surface area contributed by atoms with Crippen LogP contribution in [-0.2, 0) is 4.74 Å². The van der Waals surface area contributed by atoms with Crippen LogP contribution < -0.4 is 5.32 Å². The summed E-state index contributed by atoms with van der Waals surface area (Å²) in [5.74, 6) is 1.10. The molecule has 2 rings (SSSR count). The predicted octanol–water partition coefficient (Wildman–Crippen LogP) is 2.39. The normalized spacial score (nSPS) is 20.4. The molecule has 1 fully saturated rings. The highest BCUT2D eigenvalue weighted by Crippen LogP contribution is 2.27. The second-order valence-electron chi connectivity index (χ2n) is 5.35. The van der Waals surface area contributed by atoms with E-state index < -0.39 is 0 Å². The Balaban J connectivity index is 1.99. The van der Waals surface area contributed by atoms with E-state index in [1.165, 1.54) is 6.33 Å². The number of halogens is 1. The molecule has 1 saturated heterocycles. The molecule has 6 heteroatoms. The molecule has 112 valence electrons. The molecule has 1 aliphatic rings. The molecular weight excluding hydrogens is 276 g/mol. The summed E-state index contributed by atoms with van der Waals surface area (Å²) in [5.41, 5.74) is 0.970. The van der Waals surface area contributed by atoms with Crippen LogP contribution in [0.15, 0.2) is 6.33 Å². The topological polar surface area (TPSA) is 50.3 Å². The fraction of sp³-hybridized carbons (Fsp3) is 0.714. The molecular formula is C14H23ClN4O. The summed E-state index contributed by atoms with van der Waals surface area (Å²) in [6, 6.07) is 0. The van der Waals surface area contributed by atoms with E-state index in [4.69, 9.17) is 16.3 Å². The van der Waals surface area contributed by atoms with E-state index in [9.17, 15) is 0 Å². The van der Waals surface area contributed by atoms with Crippen LogP contribution in [0, 0.1) is 0 Å². The molecule has 0 spiro atoms. The van der Waals surface area contributed by atoms with Crippen LogP contribution in [0.5, 0.6) is 0 Å². The summed E-state index contributed by atoms with van der Waals surface area (Å²) in [6.07, 6.45) is 1.69. The molecule has 1 unspecified atom stereocenters. The average molecular weight is 299 g/mol. The van der Waals surface area contributed by atoms with Crippen LogP contribution in [0.4, 0.5) is 5.82 Å². The van der Waals surface area contributed by atoms with Gasteiger partial charge in [0.2, 0.25) is 0 Å². The van der Waals surface area contributed by atoms with Crippen molar-refractivity contribution >= 4 is 17.4 Å². The van der Waals surface area contributed by atoms with Crippen molar-refractivity contribution in [1.29, 1.82) is 0 Å². The standard InChI is InChI=1S/C14H23ClN4O/c1-4-19-5-6-20-11(8-19)7-16-14-12(10(2)3)13(15)17-9-18-14/h9-11H,4-8H2,1-3H3,(H,16,17,18). The van der Waals surface area contributed by atoms with Gasteiger partial charge in [-0.15, -0.1) is 0 Å². The smallest absolute Gasteiger partial charge is 0.138 e. The van der Waals surface area contributed by atoms with Gasteiger partial charge in [-0.2, -0.15) is 0 Å². The fourth-order valence-electron chi connectivity index (χ4n) is 2.43. The first-order chi connectivity index (χ1) is 9.61. The molecule has 1 aromatic rings. The molecule has 0 bridgehead atoms. The van der Waals surface area contributed by atoms with E-state index in [-0.39, 0.29) is 12.0 Å². The summed E-state index contributed by atoms with van der Waals surface area (Å²) in [5, 5.41) is 3.89. The fourth-order valence-corrected chi connectivity index (χ4v) is 2.78. The predicted molar refractivity (Wildman–Crippen MR) is 81.5 cm³/mol. The van der Waals surface area contributed by atoms with Crippen molar-refractivity contribution < 1.29 is 4.74 Å². The van der Waals surface area contributed by atoms with Gasteiger partial charge in [0, 0.05) is 25.2 Å². The molecule has 1 aromatic heterocycles. The molecule has 0 saturated carbocycles. The number of hydrogen-bond donors (Lipinski definition) is 1. The Hall–Kier alpha value is -0.910. The zero-order valence-corrected chi connectivity index (χ0v) is 13.2. The molecule has 1 atom stereocenters. The van der Waals surface area contributed by atoms with Gasteiger partial charge in [0.05, 0.1) is 12.7 Å². The van der Waals surface area contributed by atoms with E-state index in [1.807, 2.05) is 0 Å². The molecule has 1 N–H and O–H groups in total. The zero-order chi connectivity index (χ0) is 14.5. The van der Waals surface area contributed by atoms with Gasteiger partial charge < -0.3 is 10.1 Å². The van der Waals surface area contributed by atoms with Gasteiger partial charge in [0.25, 0.3) is 0 Å². The third-order valence-corrected chi connectivity index (χ3v) is 3.88. The summed E-state index contributed by atoms with van der Waals surface area (Å²) < 4.78 is 5.78. The van der Waals surface area contributed by atoms with E-state index in [0.29, 0.717) is 5.15 Å². The highest BCUT2D eigenvalue weighted by atomic mass is 35.5. The van der Waals surface area contributed by atoms with Crippen molar-refractivity contribution in [1.82, 2.24) is 14.9 Å². The first-order valence-electron chi connectivity index (χ1n) is 7.20. The Morgan fingerprint density at radius 2 is 2.30 bits per heavy atom. The Kier molecular flexibility index (Phi) is 5.57. The monoisotopic (exact) mass is 298 g/mol. The molecule has 0 aliphatic carbocycles. The van der Waals surface area contributed by atoms with Gasteiger partial charge in [0.1, 0.15) is 17.3 Å². The minimum atomic E-state index is 0.192. The number of nitrogens with zero attached hydrogens (tertiary/aromatic N) is 3. The SMILES string of the molecule is CCN1CCOC(CNc2ncnc(Cl)c2C(C)C)C1. The second kappa shape index (κ2) is 7.20. The van der Waals surface area contributed by atoms with Crippen LogP contribution in [0.2, 0.25) is 5.15 Å². The maximum atomic E-state index is 6.16. The lowest BCUT2D eigenvalue weighted by molar-refractivity contribution is -0.0192. The molecule has 1 aliphatic heterocycles. The minimum absolute atomic E-state index is 0.192. The van der Waals surface area contributed by atoms with Crippen molar-refractivity contribution in [3.8, 4) is 0 Å². The molecule has 0 aromatic carbocycles. The summed E-state index contributed by atoms with van der Waals surface area (Å²) in [7, 11) is 0. The van der Waals surface area contributed by atoms with Crippen LogP contribution in [0.25, 0.3) is 0 Å². The van der Waals surface area contributed by atoms with Gasteiger partial charge in [-0.25, -0.2) is 9.97 Å². The van der Waals surface area contributed by atoms with Crippen molar-refractivity contribution in [3.63, 3.8) is 0 Å². The van der Waals surface area contributed by atoms with Crippen molar-refractivity contribution in [2.45, 2.75) is 32.8 Å². The molecule has 0 amide bonds. The third-order valence-electron chi connectivity index (χ3n) is 3.58. The maximum absolute atomic E-state index is 6.16. The number of hydrogen-bond acceptors (Lipinski definition) is 5. The van der Waals surface area contributed by atoms with E-state index in [1.54, 1.807) is 0 Å². The van der Waals surface area contributed by atoms with Gasteiger partial charge in [-0.1, -0.05) is 32.4 Å². The molecule has 2 heterocycles. The van der Waals surface area contributed by atoms with Crippen molar-refractivity contribution in [3.05, 3.63) is 17.0 Å². The number of anilines is 1. The number of aromatic nitrogens is 2. The number of likely N-dealkylation sites (N-methyl/N-ethyl adjacent to an activating group) is 1. The number of nitrogens with one attached hydrogen (secondary N) is 1. The lowest BCUT2D eigenvalue weighted by atomic mass is 10.1. The van der Waals surface area contributed by atoms with Gasteiger partial charge in [-0.3, -0.25) is 4.90 Å². The molecule has 20 heavy (non-hydrogen) atoms. The van der Waals surface area contributed by atoms with Crippen LogP contribution in [0.1, 0.15) is 32.3 Å². The lowest BCUT2D eigenvalue weighted by Gasteiger charge is -2.32.